The van der Waals surface area contributed by atoms with E-state index < -0.39 is 5.82 Å². The molecule has 0 unspecified atom stereocenters. The van der Waals surface area contributed by atoms with Crippen molar-refractivity contribution in [2.45, 2.75) is 0 Å². The van der Waals surface area contributed by atoms with E-state index in [1.54, 1.807) is 0 Å². The summed E-state index contributed by atoms with van der Waals surface area (Å²) in [5, 5.41) is 9.74. The fourth-order valence-corrected chi connectivity index (χ4v) is 1.21. The number of hydrogen-bond acceptors (Lipinski definition) is 2. The number of aromatic hydroxyl groups is 1. The van der Waals surface area contributed by atoms with Gasteiger partial charge in [-0.15, -0.1) is 0 Å². The normalized spacial score (nSPS) is 10.5. The predicted octanol–water partition coefficient (Wildman–Crippen LogP) is 1.37. The van der Waals surface area contributed by atoms with Crippen LogP contribution in [0.4, 0.5) is 4.39 Å². The second-order valence-corrected chi connectivity index (χ2v) is 2.71. The zero-order valence-electron chi connectivity index (χ0n) is 6.54. The maximum atomic E-state index is 12.7. The lowest BCUT2D eigenvalue weighted by molar-refractivity contribution is 0.474. The molecule has 0 radical (unpaired) electrons. The van der Waals surface area contributed by atoms with Gasteiger partial charge in [-0.2, -0.15) is 0 Å². The van der Waals surface area contributed by atoms with E-state index in [1.165, 1.54) is 18.2 Å². The highest BCUT2D eigenvalue weighted by molar-refractivity contribution is 5.83. The first kappa shape index (κ1) is 7.79. The minimum absolute atomic E-state index is 0.257. The number of rotatable bonds is 0. The molecule has 1 heterocycles. The highest BCUT2D eigenvalue weighted by atomic mass is 19.1. The van der Waals surface area contributed by atoms with Gasteiger partial charge in [-0.25, -0.2) is 4.39 Å². The Kier molecular flexibility index (Phi) is 1.55. The van der Waals surface area contributed by atoms with E-state index in [1.807, 2.05) is 0 Å². The third-order valence-corrected chi connectivity index (χ3v) is 1.78. The number of phenolic OH excluding ortho intramolecular Hbond substituents is 1. The summed E-state index contributed by atoms with van der Waals surface area (Å²) in [6.45, 7) is 0. The molecule has 3 nitrogen and oxygen atoms in total. The van der Waals surface area contributed by atoms with Crippen LogP contribution in [-0.4, -0.2) is 10.1 Å². The number of nitrogens with one attached hydrogen (secondary N) is 1. The first-order valence-corrected chi connectivity index (χ1v) is 3.68. The number of halogens is 1. The van der Waals surface area contributed by atoms with Gasteiger partial charge < -0.3 is 10.1 Å². The Bertz CT molecular complexity index is 518. The Morgan fingerprint density at radius 2 is 2.08 bits per heavy atom. The van der Waals surface area contributed by atoms with Gasteiger partial charge >= 0.3 is 0 Å². The Balaban J connectivity index is 2.95. The molecule has 0 atom stereocenters. The van der Waals surface area contributed by atoms with Crippen LogP contribution in [0.3, 0.4) is 0 Å². The van der Waals surface area contributed by atoms with Crippen LogP contribution in [0.2, 0.25) is 0 Å². The monoisotopic (exact) mass is 179 g/mol. The van der Waals surface area contributed by atoms with Crippen molar-refractivity contribution in [3.63, 3.8) is 0 Å². The molecule has 0 aliphatic heterocycles. The van der Waals surface area contributed by atoms with Crippen LogP contribution in [0.25, 0.3) is 10.9 Å². The van der Waals surface area contributed by atoms with Crippen molar-refractivity contribution >= 4 is 10.9 Å². The van der Waals surface area contributed by atoms with E-state index in [2.05, 4.69) is 4.98 Å². The van der Waals surface area contributed by atoms with Gasteiger partial charge in [-0.1, -0.05) is 0 Å². The Morgan fingerprint density at radius 1 is 1.31 bits per heavy atom. The van der Waals surface area contributed by atoms with Gasteiger partial charge in [0.15, 0.2) is 0 Å². The molecule has 1 aromatic carbocycles. The van der Waals surface area contributed by atoms with Crippen LogP contribution in [0.1, 0.15) is 0 Å². The number of hydrogen-bond donors (Lipinski definition) is 2. The van der Waals surface area contributed by atoms with Gasteiger partial charge in [-0.3, -0.25) is 4.79 Å². The van der Waals surface area contributed by atoms with E-state index >= 15 is 0 Å². The van der Waals surface area contributed by atoms with Crippen LogP contribution in [0, 0.1) is 5.82 Å². The Hall–Kier alpha value is -1.84. The third kappa shape index (κ3) is 1.26. The SMILES string of the molecule is O=c1ccc2cc(F)cc(O)c2[nH]1. The maximum absolute atomic E-state index is 12.7. The van der Waals surface area contributed by atoms with Crippen molar-refractivity contribution in [2.75, 3.05) is 0 Å². The number of phenols is 1. The van der Waals surface area contributed by atoms with E-state index in [0.717, 1.165) is 6.07 Å². The van der Waals surface area contributed by atoms with Crippen molar-refractivity contribution in [2.24, 2.45) is 0 Å². The van der Waals surface area contributed by atoms with Gasteiger partial charge in [0.25, 0.3) is 0 Å². The summed E-state index contributed by atoms with van der Waals surface area (Å²) < 4.78 is 12.7. The summed E-state index contributed by atoms with van der Waals surface area (Å²) in [4.78, 5) is 13.3. The van der Waals surface area contributed by atoms with Crippen molar-refractivity contribution in [1.82, 2.24) is 4.98 Å². The molecule has 0 aliphatic rings. The van der Waals surface area contributed by atoms with Crippen LogP contribution in [0.15, 0.2) is 29.1 Å². The lowest BCUT2D eigenvalue weighted by Crippen LogP contribution is -2.02. The van der Waals surface area contributed by atoms with Crippen molar-refractivity contribution in [1.29, 1.82) is 0 Å². The molecule has 0 fully saturated rings. The second kappa shape index (κ2) is 2.58. The number of benzene rings is 1. The molecule has 0 spiro atoms. The molecule has 66 valence electrons. The molecular formula is C9H6FNO2. The van der Waals surface area contributed by atoms with Gasteiger partial charge in [0.2, 0.25) is 5.56 Å². The average molecular weight is 179 g/mol. The minimum atomic E-state index is -0.531. The second-order valence-electron chi connectivity index (χ2n) is 2.71. The average Bonchev–Trinajstić information content (AvgIpc) is 2.06. The molecule has 4 heteroatoms. The molecule has 0 aliphatic carbocycles. The summed E-state index contributed by atoms with van der Waals surface area (Å²) in [5.41, 5.74) is -0.0664. The van der Waals surface area contributed by atoms with Crippen molar-refractivity contribution < 1.29 is 9.50 Å². The fraction of sp³-hybridized carbons (Fsp3) is 0. The van der Waals surface area contributed by atoms with Crippen LogP contribution < -0.4 is 5.56 Å². The molecule has 2 N–H and O–H groups in total. The summed E-state index contributed by atoms with van der Waals surface area (Å²) >= 11 is 0. The smallest absolute Gasteiger partial charge is 0.248 e. The molecule has 2 rings (SSSR count). The van der Waals surface area contributed by atoms with Gasteiger partial charge in [0.1, 0.15) is 11.6 Å². The van der Waals surface area contributed by atoms with Gasteiger partial charge in [0.05, 0.1) is 5.52 Å². The van der Waals surface area contributed by atoms with E-state index in [0.29, 0.717) is 5.39 Å². The first-order valence-electron chi connectivity index (χ1n) is 3.68. The van der Waals surface area contributed by atoms with Gasteiger partial charge in [0, 0.05) is 17.5 Å². The minimum Gasteiger partial charge on any atom is -0.506 e. The molecule has 0 bridgehead atoms. The zero-order valence-corrected chi connectivity index (χ0v) is 6.54. The summed E-state index contributed by atoms with van der Waals surface area (Å²) in [7, 11) is 0. The standard InChI is InChI=1S/C9H6FNO2/c10-6-3-5-1-2-8(13)11-9(5)7(12)4-6/h1-4,12H,(H,11,13). The summed E-state index contributed by atoms with van der Waals surface area (Å²) in [6.07, 6.45) is 0. The molecule has 13 heavy (non-hydrogen) atoms. The van der Waals surface area contributed by atoms with Crippen molar-refractivity contribution in [3.05, 3.63) is 40.4 Å². The number of H-pyrrole nitrogens is 1. The van der Waals surface area contributed by atoms with E-state index in [-0.39, 0.29) is 16.8 Å². The summed E-state index contributed by atoms with van der Waals surface area (Å²) in [6, 6.07) is 4.93. The third-order valence-electron chi connectivity index (χ3n) is 1.78. The van der Waals surface area contributed by atoms with E-state index in [9.17, 15) is 14.3 Å². The van der Waals surface area contributed by atoms with Crippen LogP contribution in [-0.2, 0) is 0 Å². The molecule has 0 saturated heterocycles. The first-order chi connectivity index (χ1) is 6.16. The number of fused-ring (bicyclic) bond motifs is 1. The number of aromatic nitrogens is 1. The summed E-state index contributed by atoms with van der Waals surface area (Å²) in [5.74, 6) is -0.787. The van der Waals surface area contributed by atoms with Crippen LogP contribution in [0.5, 0.6) is 5.75 Å². The highest BCUT2D eigenvalue weighted by Gasteiger charge is 2.02. The van der Waals surface area contributed by atoms with Crippen LogP contribution >= 0.6 is 0 Å². The molecule has 2 aromatic rings. The maximum Gasteiger partial charge on any atom is 0.248 e. The van der Waals surface area contributed by atoms with E-state index in [4.69, 9.17) is 0 Å². The zero-order chi connectivity index (χ0) is 9.42. The largest absolute Gasteiger partial charge is 0.506 e. The number of pyridine rings is 1. The predicted molar refractivity (Wildman–Crippen MR) is 46.2 cm³/mol. The Labute approximate surface area is 72.5 Å². The highest BCUT2D eigenvalue weighted by Crippen LogP contribution is 2.22. The van der Waals surface area contributed by atoms with Crippen molar-refractivity contribution in [3.8, 4) is 5.75 Å². The fourth-order valence-electron chi connectivity index (χ4n) is 1.21. The number of aromatic amines is 1. The molecule has 0 saturated carbocycles. The lowest BCUT2D eigenvalue weighted by Gasteiger charge is -1.99. The topological polar surface area (TPSA) is 53.1 Å². The quantitative estimate of drug-likeness (QED) is 0.641. The molecule has 1 aromatic heterocycles. The molecular weight excluding hydrogens is 173 g/mol. The Morgan fingerprint density at radius 3 is 2.85 bits per heavy atom. The molecule has 0 amide bonds. The van der Waals surface area contributed by atoms with Gasteiger partial charge in [-0.05, 0) is 12.1 Å². The lowest BCUT2D eigenvalue weighted by atomic mass is 10.2.